The van der Waals surface area contributed by atoms with Gasteiger partial charge in [0.05, 0.1) is 37.6 Å². The third kappa shape index (κ3) is 9.11. The molecular formula is C40H49N7O7. The molecule has 3 aliphatic heterocycles. The first-order valence-corrected chi connectivity index (χ1v) is 19.0. The van der Waals surface area contributed by atoms with E-state index in [0.717, 1.165) is 41.8 Å². The zero-order valence-electron chi connectivity index (χ0n) is 30.7. The van der Waals surface area contributed by atoms with Gasteiger partial charge in [0.15, 0.2) is 5.52 Å². The van der Waals surface area contributed by atoms with Crippen molar-refractivity contribution >= 4 is 34.6 Å². The summed E-state index contributed by atoms with van der Waals surface area (Å²) < 4.78 is 22.3. The number of carbonyl (C=O) groups excluding carboxylic acids is 3. The summed E-state index contributed by atoms with van der Waals surface area (Å²) in [6.45, 7) is 6.55. The summed E-state index contributed by atoms with van der Waals surface area (Å²) in [6, 6.07) is 22.5. The predicted octanol–water partition coefficient (Wildman–Crippen LogP) is 4.10. The molecule has 0 radical (unpaired) electrons. The van der Waals surface area contributed by atoms with Crippen molar-refractivity contribution in [3.8, 4) is 5.75 Å². The quantitative estimate of drug-likeness (QED) is 0.161. The van der Waals surface area contributed by atoms with Gasteiger partial charge in [-0.25, -0.2) is 9.42 Å². The van der Waals surface area contributed by atoms with Gasteiger partial charge in [0.2, 0.25) is 11.8 Å². The van der Waals surface area contributed by atoms with Crippen LogP contribution in [-0.2, 0) is 19.1 Å². The van der Waals surface area contributed by atoms with Crippen molar-refractivity contribution in [3.05, 3.63) is 83.4 Å². The number of urea groups is 1. The van der Waals surface area contributed by atoms with E-state index in [2.05, 4.69) is 62.7 Å². The Morgan fingerprint density at radius 3 is 2.56 bits per heavy atom. The first kappa shape index (κ1) is 37.1. The van der Waals surface area contributed by atoms with Gasteiger partial charge in [-0.1, -0.05) is 48.5 Å². The van der Waals surface area contributed by atoms with Crippen LogP contribution in [0.25, 0.3) is 11.0 Å². The molecule has 3 aromatic carbocycles. The van der Waals surface area contributed by atoms with E-state index < -0.39 is 0 Å². The van der Waals surface area contributed by atoms with Gasteiger partial charge in [-0.05, 0) is 77.3 Å². The number of aryl methyl sites for hydroxylation is 1. The van der Waals surface area contributed by atoms with Gasteiger partial charge in [0.1, 0.15) is 24.5 Å². The maximum absolute atomic E-state index is 13.5. The Balaban J connectivity index is 0.845. The second-order valence-corrected chi connectivity index (χ2v) is 14.2. The summed E-state index contributed by atoms with van der Waals surface area (Å²) in [7, 11) is 0. The lowest BCUT2D eigenvalue weighted by Gasteiger charge is -2.44. The maximum Gasteiger partial charge on any atom is 0.320 e. The molecule has 3 N–H and O–H groups in total. The first-order chi connectivity index (χ1) is 26.4. The van der Waals surface area contributed by atoms with E-state index in [1.165, 1.54) is 11.1 Å². The number of rotatable bonds is 14. The molecular weight excluding hydrogens is 690 g/mol. The number of nitrogens with zero attached hydrogens (tertiary/aromatic N) is 4. The van der Waals surface area contributed by atoms with Crippen LogP contribution in [0.4, 0.5) is 10.5 Å². The fraction of sp³-hybridized carbons (Fsp3) is 0.475. The lowest BCUT2D eigenvalue weighted by molar-refractivity contribution is -0.139. The van der Waals surface area contributed by atoms with E-state index in [1.54, 1.807) is 0 Å². The number of anilines is 1. The highest BCUT2D eigenvalue weighted by Gasteiger charge is 2.38. The number of benzene rings is 3. The molecule has 4 aromatic rings. The molecule has 286 valence electrons. The monoisotopic (exact) mass is 739 g/mol. The predicted molar refractivity (Wildman–Crippen MR) is 201 cm³/mol. The van der Waals surface area contributed by atoms with Crippen molar-refractivity contribution in [2.75, 3.05) is 71.0 Å². The van der Waals surface area contributed by atoms with Crippen molar-refractivity contribution < 1.29 is 33.2 Å². The van der Waals surface area contributed by atoms with E-state index in [0.29, 0.717) is 70.5 Å². The number of hydrogen-bond donors (Lipinski definition) is 3. The minimum absolute atomic E-state index is 0.0237. The molecule has 0 unspecified atom stereocenters. The Morgan fingerprint density at radius 2 is 1.70 bits per heavy atom. The summed E-state index contributed by atoms with van der Waals surface area (Å²) in [4.78, 5) is 41.7. The van der Waals surface area contributed by atoms with Crippen molar-refractivity contribution in [1.82, 2.24) is 30.7 Å². The Labute approximate surface area is 314 Å². The molecule has 3 aliphatic rings. The van der Waals surface area contributed by atoms with E-state index in [9.17, 15) is 14.4 Å². The summed E-state index contributed by atoms with van der Waals surface area (Å²) in [6.07, 6.45) is 2.71. The Hall–Kier alpha value is -5.21. The fourth-order valence-electron chi connectivity index (χ4n) is 7.80. The Bertz CT molecular complexity index is 1880. The third-order valence-corrected chi connectivity index (χ3v) is 10.6. The van der Waals surface area contributed by atoms with Crippen LogP contribution in [0.1, 0.15) is 48.3 Å². The van der Waals surface area contributed by atoms with Crippen LogP contribution in [0.2, 0.25) is 0 Å². The number of carbonyl (C=O) groups is 3. The van der Waals surface area contributed by atoms with Crippen LogP contribution in [-0.4, -0.2) is 116 Å². The van der Waals surface area contributed by atoms with E-state index in [-0.39, 0.29) is 48.9 Å². The molecule has 54 heavy (non-hydrogen) atoms. The summed E-state index contributed by atoms with van der Waals surface area (Å²) in [5.41, 5.74) is 5.64. The van der Waals surface area contributed by atoms with Crippen LogP contribution < -0.4 is 20.7 Å². The van der Waals surface area contributed by atoms with Crippen LogP contribution in [0.5, 0.6) is 5.75 Å². The van der Waals surface area contributed by atoms with Gasteiger partial charge in [0, 0.05) is 45.1 Å². The van der Waals surface area contributed by atoms with Crippen LogP contribution >= 0.6 is 0 Å². The van der Waals surface area contributed by atoms with E-state index in [1.807, 2.05) is 47.1 Å². The minimum atomic E-state index is -0.148. The number of ether oxygens (including phenoxy) is 3. The zero-order valence-corrected chi connectivity index (χ0v) is 30.7. The number of amides is 4. The molecule has 0 aliphatic carbocycles. The number of aromatic nitrogens is 2. The molecule has 0 saturated carbocycles. The van der Waals surface area contributed by atoms with E-state index in [4.69, 9.17) is 18.8 Å². The molecule has 0 bridgehead atoms. The molecule has 3 atom stereocenters. The van der Waals surface area contributed by atoms with E-state index >= 15 is 0 Å². The fourth-order valence-corrected chi connectivity index (χ4v) is 7.80. The molecule has 3 fully saturated rings. The van der Waals surface area contributed by atoms with Crippen molar-refractivity contribution in [1.29, 1.82) is 0 Å². The van der Waals surface area contributed by atoms with Crippen LogP contribution in [0, 0.1) is 12.8 Å². The largest absolute Gasteiger partial charge is 0.492 e. The molecule has 7 rings (SSSR count). The zero-order chi connectivity index (χ0) is 37.3. The molecule has 0 spiro atoms. The Kier molecular flexibility index (Phi) is 12.2. The number of fused-ring (bicyclic) bond motifs is 2. The normalized spacial score (nSPS) is 19.5. The maximum atomic E-state index is 13.5. The van der Waals surface area contributed by atoms with Crippen LogP contribution in [0.3, 0.4) is 0 Å². The van der Waals surface area contributed by atoms with Crippen molar-refractivity contribution in [2.24, 2.45) is 5.92 Å². The number of likely N-dealkylation sites (tertiary alicyclic amines) is 2. The van der Waals surface area contributed by atoms with Crippen molar-refractivity contribution in [3.63, 3.8) is 0 Å². The summed E-state index contributed by atoms with van der Waals surface area (Å²) >= 11 is 0. The molecule has 4 heterocycles. The smallest absolute Gasteiger partial charge is 0.320 e. The standard InChI is InChI=1S/C40H49N7O7/c1-27-10-11-32(39-38(27)44-54-45-39)41-16-22-51-21-15-35(48)42-17-23-52-31-9-5-8-30(24-31)37(28-6-3-2-4-7-28)29-12-18-46(19-13-29)40(50)47-20-14-34-33(25-47)43-36(49)26-53-34/h2-11,24,29,33-34,37,41H,12-23,25-26H2,1H3,(H,42,48)(H,43,49)/t33-,34+,37-/m1/s1. The van der Waals surface area contributed by atoms with Gasteiger partial charge >= 0.3 is 6.03 Å². The lowest BCUT2D eigenvalue weighted by atomic mass is 9.76. The highest BCUT2D eigenvalue weighted by Crippen LogP contribution is 2.39. The topological polar surface area (TPSA) is 160 Å². The molecule has 3 saturated heterocycles. The molecule has 1 aromatic heterocycles. The minimum Gasteiger partial charge on any atom is -0.492 e. The molecule has 4 amide bonds. The lowest BCUT2D eigenvalue weighted by Crippen LogP contribution is -2.62. The highest BCUT2D eigenvalue weighted by atomic mass is 16.6. The molecule has 14 nitrogen and oxygen atoms in total. The van der Waals surface area contributed by atoms with Gasteiger partial charge < -0.3 is 40.0 Å². The number of piperidine rings is 2. The summed E-state index contributed by atoms with van der Waals surface area (Å²) in [5, 5.41) is 17.1. The van der Waals surface area contributed by atoms with Crippen LogP contribution in [0.15, 0.2) is 71.4 Å². The molecule has 14 heteroatoms. The summed E-state index contributed by atoms with van der Waals surface area (Å²) in [5.74, 6) is 1.02. The Morgan fingerprint density at radius 1 is 0.907 bits per heavy atom. The SMILES string of the molecule is Cc1ccc(NCCOCCC(=O)NCCOc2cccc([C@H](c3ccccc3)C3CCN(C(=O)N4CC[C@@H]5OCC(=O)N[C@@H]5C4)CC3)c2)c2nonc12. The number of nitrogens with one attached hydrogen (secondary N) is 3. The second kappa shape index (κ2) is 17.7. The first-order valence-electron chi connectivity index (χ1n) is 19.0. The third-order valence-electron chi connectivity index (χ3n) is 10.6. The number of morpholine rings is 1. The highest BCUT2D eigenvalue weighted by molar-refractivity contribution is 5.89. The van der Waals surface area contributed by atoms with Gasteiger partial charge in [-0.15, -0.1) is 0 Å². The number of hydrogen-bond acceptors (Lipinski definition) is 10. The van der Waals surface area contributed by atoms with Gasteiger partial charge in [-0.3, -0.25) is 9.59 Å². The average Bonchev–Trinajstić information content (AvgIpc) is 3.71. The average molecular weight is 740 g/mol. The second-order valence-electron chi connectivity index (χ2n) is 14.2. The van der Waals surface area contributed by atoms with Crippen molar-refractivity contribution in [2.45, 2.75) is 50.7 Å². The van der Waals surface area contributed by atoms with Gasteiger partial charge in [-0.2, -0.15) is 0 Å². The van der Waals surface area contributed by atoms with Gasteiger partial charge in [0.25, 0.3) is 0 Å².